The molecule has 0 saturated carbocycles. The number of benzene rings is 1. The van der Waals surface area contributed by atoms with E-state index in [0.717, 1.165) is 6.07 Å². The molecule has 0 aliphatic heterocycles. The van der Waals surface area contributed by atoms with Crippen molar-refractivity contribution < 1.29 is 28.1 Å². The number of aliphatic hydroxyl groups excluding tert-OH is 1. The molecular formula is C18H21F2N5O4. The smallest absolute Gasteiger partial charge is 0.228 e. The first-order valence-electron chi connectivity index (χ1n) is 8.27. The van der Waals surface area contributed by atoms with Crippen LogP contribution in [0, 0.1) is 11.6 Å². The van der Waals surface area contributed by atoms with Crippen LogP contribution in [0.3, 0.4) is 0 Å². The van der Waals surface area contributed by atoms with E-state index in [1.165, 1.54) is 39.7 Å². The van der Waals surface area contributed by atoms with Crippen LogP contribution in [0.25, 0.3) is 0 Å². The van der Waals surface area contributed by atoms with E-state index < -0.39 is 18.2 Å². The topological polar surface area (TPSA) is 124 Å². The lowest BCUT2D eigenvalue weighted by Gasteiger charge is -2.13. The number of aliphatic imine (C=N–C) groups is 1. The van der Waals surface area contributed by atoms with Gasteiger partial charge in [0.2, 0.25) is 5.95 Å². The fourth-order valence-corrected chi connectivity index (χ4v) is 2.17. The van der Waals surface area contributed by atoms with Gasteiger partial charge in [0.05, 0.1) is 38.8 Å². The van der Waals surface area contributed by atoms with Gasteiger partial charge < -0.3 is 30.4 Å². The van der Waals surface area contributed by atoms with Crippen LogP contribution in [0.1, 0.15) is 5.56 Å². The molecule has 0 atom stereocenters. The average molecular weight is 409 g/mol. The summed E-state index contributed by atoms with van der Waals surface area (Å²) < 4.78 is 43.8. The molecule has 0 amide bonds. The van der Waals surface area contributed by atoms with Crippen LogP contribution in [0.4, 0.5) is 14.7 Å². The van der Waals surface area contributed by atoms with E-state index >= 15 is 0 Å². The van der Waals surface area contributed by atoms with E-state index in [2.05, 4.69) is 20.3 Å². The number of hydrogen-bond acceptors (Lipinski definition) is 8. The SMILES string of the molecule is CN=C(/C=C(\N)CO)Nc1ncc(OCc2c(F)c(OC)cc(OC)c2F)cn1. The van der Waals surface area contributed by atoms with Crippen molar-refractivity contribution in [2.45, 2.75) is 6.61 Å². The quantitative estimate of drug-likeness (QED) is 0.444. The number of rotatable bonds is 8. The van der Waals surface area contributed by atoms with Crippen LogP contribution >= 0.6 is 0 Å². The number of halogens is 2. The molecule has 2 aromatic rings. The van der Waals surface area contributed by atoms with Gasteiger partial charge in [-0.05, 0) is 0 Å². The molecule has 0 aliphatic carbocycles. The number of amidine groups is 1. The molecule has 0 unspecified atom stereocenters. The zero-order valence-electron chi connectivity index (χ0n) is 16.1. The number of nitrogens with one attached hydrogen (secondary N) is 1. The van der Waals surface area contributed by atoms with E-state index in [9.17, 15) is 8.78 Å². The van der Waals surface area contributed by atoms with Crippen molar-refractivity contribution >= 4 is 11.8 Å². The lowest BCUT2D eigenvalue weighted by Crippen LogP contribution is -2.15. The fraction of sp³-hybridized carbons (Fsp3) is 0.278. The molecule has 29 heavy (non-hydrogen) atoms. The van der Waals surface area contributed by atoms with Gasteiger partial charge in [-0.2, -0.15) is 0 Å². The highest BCUT2D eigenvalue weighted by Gasteiger charge is 2.20. The van der Waals surface area contributed by atoms with Crippen LogP contribution in [-0.2, 0) is 6.61 Å². The summed E-state index contributed by atoms with van der Waals surface area (Å²) in [7, 11) is 4.04. The lowest BCUT2D eigenvalue weighted by molar-refractivity contribution is 0.280. The summed E-state index contributed by atoms with van der Waals surface area (Å²) in [6.45, 7) is -0.755. The van der Waals surface area contributed by atoms with E-state index in [4.69, 9.17) is 25.1 Å². The van der Waals surface area contributed by atoms with Gasteiger partial charge in [-0.3, -0.25) is 4.99 Å². The Balaban J connectivity index is 2.12. The second-order valence-corrected chi connectivity index (χ2v) is 5.53. The van der Waals surface area contributed by atoms with Gasteiger partial charge in [0.15, 0.2) is 28.9 Å². The van der Waals surface area contributed by atoms with Gasteiger partial charge in [0.25, 0.3) is 0 Å². The highest BCUT2D eigenvalue weighted by Crippen LogP contribution is 2.31. The Kier molecular flexibility index (Phi) is 7.66. The second-order valence-electron chi connectivity index (χ2n) is 5.53. The first kappa shape index (κ1) is 21.8. The number of aliphatic hydroxyl groups is 1. The molecule has 0 spiro atoms. The molecule has 0 fully saturated rings. The van der Waals surface area contributed by atoms with Crippen LogP contribution in [0.15, 0.2) is 35.2 Å². The highest BCUT2D eigenvalue weighted by atomic mass is 19.1. The minimum Gasteiger partial charge on any atom is -0.494 e. The number of aromatic nitrogens is 2. The van der Waals surface area contributed by atoms with Crippen LogP contribution in [-0.4, -0.2) is 48.8 Å². The van der Waals surface area contributed by atoms with Gasteiger partial charge in [0, 0.05) is 24.9 Å². The van der Waals surface area contributed by atoms with E-state index in [0.29, 0.717) is 5.84 Å². The molecule has 0 bridgehead atoms. The first-order valence-corrected chi connectivity index (χ1v) is 8.27. The van der Waals surface area contributed by atoms with E-state index in [-0.39, 0.29) is 41.1 Å². The molecule has 156 valence electrons. The minimum absolute atomic E-state index is 0.167. The maximum Gasteiger partial charge on any atom is 0.228 e. The number of anilines is 1. The summed E-state index contributed by atoms with van der Waals surface area (Å²) in [6.07, 6.45) is 4.05. The Morgan fingerprint density at radius 3 is 2.28 bits per heavy atom. The Morgan fingerprint density at radius 1 is 1.21 bits per heavy atom. The van der Waals surface area contributed by atoms with E-state index in [1.807, 2.05) is 0 Å². The molecule has 1 aromatic carbocycles. The predicted molar refractivity (Wildman–Crippen MR) is 102 cm³/mol. The molecule has 0 saturated heterocycles. The largest absolute Gasteiger partial charge is 0.494 e. The number of methoxy groups -OCH3 is 2. The predicted octanol–water partition coefficient (Wildman–Crippen LogP) is 1.63. The highest BCUT2D eigenvalue weighted by molar-refractivity contribution is 6.03. The molecule has 0 radical (unpaired) electrons. The molecule has 9 nitrogen and oxygen atoms in total. The Morgan fingerprint density at radius 2 is 1.79 bits per heavy atom. The summed E-state index contributed by atoms with van der Waals surface area (Å²) >= 11 is 0. The number of nitrogens with zero attached hydrogens (tertiary/aromatic N) is 3. The van der Waals surface area contributed by atoms with Crippen molar-refractivity contribution in [3.8, 4) is 17.2 Å². The summed E-state index contributed by atoms with van der Waals surface area (Å²) in [5.74, 6) is -1.42. The average Bonchev–Trinajstić information content (AvgIpc) is 2.74. The monoisotopic (exact) mass is 409 g/mol. The lowest BCUT2D eigenvalue weighted by atomic mass is 10.1. The molecule has 1 aromatic heterocycles. The zero-order chi connectivity index (χ0) is 21.4. The van der Waals surface area contributed by atoms with Crippen LogP contribution in [0.5, 0.6) is 17.2 Å². The van der Waals surface area contributed by atoms with Crippen molar-refractivity contribution in [3.05, 3.63) is 47.4 Å². The summed E-state index contributed by atoms with van der Waals surface area (Å²) in [4.78, 5) is 12.0. The van der Waals surface area contributed by atoms with Gasteiger partial charge in [-0.15, -0.1) is 0 Å². The Bertz CT molecular complexity index is 876. The Hall–Kier alpha value is -3.47. The van der Waals surface area contributed by atoms with Gasteiger partial charge in [-0.1, -0.05) is 0 Å². The van der Waals surface area contributed by atoms with Gasteiger partial charge in [-0.25, -0.2) is 18.7 Å². The van der Waals surface area contributed by atoms with Crippen molar-refractivity contribution in [2.24, 2.45) is 10.7 Å². The first-order chi connectivity index (χ1) is 13.9. The molecule has 1 heterocycles. The van der Waals surface area contributed by atoms with Gasteiger partial charge >= 0.3 is 0 Å². The zero-order valence-corrected chi connectivity index (χ0v) is 16.1. The number of hydrogen-bond donors (Lipinski definition) is 3. The fourth-order valence-electron chi connectivity index (χ4n) is 2.17. The summed E-state index contributed by atoms with van der Waals surface area (Å²) in [5.41, 5.74) is 5.39. The maximum atomic E-state index is 14.3. The third-order valence-electron chi connectivity index (χ3n) is 3.66. The minimum atomic E-state index is -0.887. The van der Waals surface area contributed by atoms with Crippen molar-refractivity contribution in [1.82, 2.24) is 9.97 Å². The molecule has 2 rings (SSSR count). The van der Waals surface area contributed by atoms with Crippen molar-refractivity contribution in [2.75, 3.05) is 33.2 Å². The Labute approximate surface area is 165 Å². The number of ether oxygens (including phenoxy) is 3. The van der Waals surface area contributed by atoms with Gasteiger partial charge in [0.1, 0.15) is 12.4 Å². The normalized spacial score (nSPS) is 11.9. The van der Waals surface area contributed by atoms with Crippen LogP contribution < -0.4 is 25.3 Å². The molecule has 4 N–H and O–H groups in total. The third-order valence-corrected chi connectivity index (χ3v) is 3.66. The number of nitrogens with two attached hydrogens (primary N) is 1. The van der Waals surface area contributed by atoms with Crippen molar-refractivity contribution in [1.29, 1.82) is 0 Å². The second kappa shape index (κ2) is 10.2. The van der Waals surface area contributed by atoms with E-state index in [1.54, 1.807) is 0 Å². The van der Waals surface area contributed by atoms with Crippen molar-refractivity contribution in [3.63, 3.8) is 0 Å². The molecular weight excluding hydrogens is 388 g/mol. The molecule has 11 heteroatoms. The molecule has 0 aliphatic rings. The summed E-state index contributed by atoms with van der Waals surface area (Å²) in [5, 5.41) is 11.7. The maximum absolute atomic E-state index is 14.3. The summed E-state index contributed by atoms with van der Waals surface area (Å²) in [6, 6.07) is 1.11. The standard InChI is InChI=1S/C18H21F2N5O4/c1-22-15(4-10(21)8-26)25-18-23-6-11(7-24-18)29-9-12-16(19)13(27-2)5-14(28-3)17(12)20/h4-7,26H,8-9,21H2,1-3H3,(H,22,23,24,25)/b10-4-. The van der Waals surface area contributed by atoms with Crippen LogP contribution in [0.2, 0.25) is 0 Å². The third kappa shape index (κ3) is 5.51.